The predicted octanol–water partition coefficient (Wildman–Crippen LogP) is 1.22. The Balaban J connectivity index is 3.13. The molecular weight excluding hydrogens is 260 g/mol. The van der Waals surface area contributed by atoms with Crippen molar-refractivity contribution in [3.8, 4) is 0 Å². The quantitative estimate of drug-likeness (QED) is 0.812. The molecule has 5 nitrogen and oxygen atoms in total. The minimum atomic E-state index is -0.357. The average molecular weight is 280 g/mol. The zero-order valence-corrected chi connectivity index (χ0v) is 12.8. The van der Waals surface area contributed by atoms with Crippen LogP contribution in [0, 0.1) is 13.8 Å². The number of thiocarbonyl (C=S) groups is 1. The topological polar surface area (TPSA) is 71.2 Å². The van der Waals surface area contributed by atoms with Crippen LogP contribution in [0.1, 0.15) is 23.9 Å². The van der Waals surface area contributed by atoms with E-state index < -0.39 is 0 Å². The number of nitrogens with two attached hydrogens (primary N) is 1. The van der Waals surface area contributed by atoms with Gasteiger partial charge < -0.3 is 16.0 Å². The number of carbonyl (C=O) groups is 1. The number of hydrogen-bond acceptors (Lipinski definition) is 4. The Bertz CT molecular complexity index is 514. The maximum Gasteiger partial charge on any atom is 0.244 e. The number of aryl methyl sites for hydroxylation is 2. The maximum absolute atomic E-state index is 11.9. The molecule has 1 heterocycles. The van der Waals surface area contributed by atoms with Gasteiger partial charge in [0.25, 0.3) is 0 Å². The highest BCUT2D eigenvalue weighted by Crippen LogP contribution is 2.20. The molecule has 0 saturated carbocycles. The monoisotopic (exact) mass is 280 g/mol. The third-order valence-corrected chi connectivity index (χ3v) is 2.96. The summed E-state index contributed by atoms with van der Waals surface area (Å²) in [7, 11) is 3.44. The number of likely N-dealkylation sites (N-methyl/N-ethyl adjacent to an activating group) is 1. The molecule has 1 atom stereocenters. The van der Waals surface area contributed by atoms with E-state index in [0.717, 1.165) is 17.1 Å². The van der Waals surface area contributed by atoms with Crippen molar-refractivity contribution < 1.29 is 4.79 Å². The zero-order valence-electron chi connectivity index (χ0n) is 11.9. The van der Waals surface area contributed by atoms with E-state index in [2.05, 4.69) is 10.3 Å². The van der Waals surface area contributed by atoms with Crippen molar-refractivity contribution >= 4 is 28.8 Å². The number of carbonyl (C=O) groups excluding carboxylic acids is 1. The van der Waals surface area contributed by atoms with Gasteiger partial charge >= 0.3 is 0 Å². The molecule has 1 amide bonds. The van der Waals surface area contributed by atoms with Crippen molar-refractivity contribution in [1.82, 2.24) is 9.88 Å². The number of nitrogens with zero attached hydrogens (tertiary/aromatic N) is 2. The number of hydrogen-bond donors (Lipinski definition) is 2. The Labute approximate surface area is 119 Å². The molecule has 1 aromatic heterocycles. The van der Waals surface area contributed by atoms with Gasteiger partial charge in [-0.1, -0.05) is 12.2 Å². The Morgan fingerprint density at radius 3 is 2.53 bits per heavy atom. The van der Waals surface area contributed by atoms with Crippen LogP contribution in [0.25, 0.3) is 0 Å². The van der Waals surface area contributed by atoms with E-state index >= 15 is 0 Å². The van der Waals surface area contributed by atoms with E-state index in [-0.39, 0.29) is 16.9 Å². The minimum Gasteiger partial charge on any atom is -0.389 e. The molecule has 1 rings (SSSR count). The number of amides is 1. The number of rotatable bonds is 4. The summed E-state index contributed by atoms with van der Waals surface area (Å²) in [5.74, 6) is -0.0130. The third kappa shape index (κ3) is 3.64. The smallest absolute Gasteiger partial charge is 0.244 e. The molecule has 0 saturated heterocycles. The molecule has 0 spiro atoms. The first-order valence-electron chi connectivity index (χ1n) is 5.99. The van der Waals surface area contributed by atoms with Gasteiger partial charge in [0, 0.05) is 31.2 Å². The fraction of sp³-hybridized carbons (Fsp3) is 0.462. The highest BCUT2D eigenvalue weighted by atomic mass is 32.1. The van der Waals surface area contributed by atoms with Crippen molar-refractivity contribution in [2.24, 2.45) is 5.73 Å². The predicted molar refractivity (Wildman–Crippen MR) is 81.4 cm³/mol. The molecule has 0 fully saturated rings. The average Bonchev–Trinajstić information content (AvgIpc) is 2.25. The first kappa shape index (κ1) is 15.4. The van der Waals surface area contributed by atoms with Crippen LogP contribution in [0.15, 0.2) is 6.07 Å². The van der Waals surface area contributed by atoms with Gasteiger partial charge in [-0.3, -0.25) is 9.78 Å². The molecule has 6 heteroatoms. The highest BCUT2D eigenvalue weighted by molar-refractivity contribution is 7.80. The van der Waals surface area contributed by atoms with E-state index in [1.165, 1.54) is 0 Å². The fourth-order valence-corrected chi connectivity index (χ4v) is 2.19. The summed E-state index contributed by atoms with van der Waals surface area (Å²) in [4.78, 5) is 18.0. The number of aromatic nitrogens is 1. The van der Waals surface area contributed by atoms with Gasteiger partial charge in [0.15, 0.2) is 0 Å². The number of pyridine rings is 1. The Morgan fingerprint density at radius 1 is 1.47 bits per heavy atom. The van der Waals surface area contributed by atoms with Crippen LogP contribution in [0.3, 0.4) is 0 Å². The van der Waals surface area contributed by atoms with E-state index in [1.54, 1.807) is 25.9 Å². The van der Waals surface area contributed by atoms with Crippen molar-refractivity contribution in [3.63, 3.8) is 0 Å². The summed E-state index contributed by atoms with van der Waals surface area (Å²) in [5, 5.41) is 3.16. The van der Waals surface area contributed by atoms with E-state index in [1.807, 2.05) is 19.9 Å². The third-order valence-electron chi connectivity index (χ3n) is 2.76. The summed E-state index contributed by atoms with van der Waals surface area (Å²) in [5.41, 5.74) is 8.79. The van der Waals surface area contributed by atoms with Gasteiger partial charge in [0.1, 0.15) is 11.0 Å². The minimum absolute atomic E-state index is 0.0130. The summed E-state index contributed by atoms with van der Waals surface area (Å²) in [6.07, 6.45) is 0. The molecule has 0 aromatic carbocycles. The van der Waals surface area contributed by atoms with Crippen LogP contribution < -0.4 is 11.1 Å². The first-order valence-corrected chi connectivity index (χ1v) is 6.40. The van der Waals surface area contributed by atoms with Gasteiger partial charge in [-0.2, -0.15) is 0 Å². The maximum atomic E-state index is 11.9. The van der Waals surface area contributed by atoms with Gasteiger partial charge in [-0.15, -0.1) is 0 Å². The largest absolute Gasteiger partial charge is 0.389 e. The van der Waals surface area contributed by atoms with E-state index in [9.17, 15) is 4.79 Å². The van der Waals surface area contributed by atoms with Crippen LogP contribution in [-0.4, -0.2) is 40.9 Å². The Kier molecular flexibility index (Phi) is 4.83. The van der Waals surface area contributed by atoms with Gasteiger partial charge in [-0.05, 0) is 26.8 Å². The first-order chi connectivity index (χ1) is 8.73. The second-order valence-electron chi connectivity index (χ2n) is 4.73. The molecule has 1 unspecified atom stereocenters. The molecule has 0 radical (unpaired) electrons. The Hall–Kier alpha value is -1.69. The standard InChI is InChI=1S/C13H20N4OS/c1-7-6-10(11(12(14)19)8(2)15-7)16-9(3)13(18)17(4)5/h6,9H,1-5H3,(H2,14,19)(H,15,16). The summed E-state index contributed by atoms with van der Waals surface area (Å²) >= 11 is 5.05. The van der Waals surface area contributed by atoms with Crippen LogP contribution in [-0.2, 0) is 4.79 Å². The molecule has 0 aliphatic carbocycles. The van der Waals surface area contributed by atoms with Crippen molar-refractivity contribution in [3.05, 3.63) is 23.0 Å². The molecule has 3 N–H and O–H groups in total. The lowest BCUT2D eigenvalue weighted by atomic mass is 10.1. The SMILES string of the molecule is Cc1cc(NC(C)C(=O)N(C)C)c(C(N)=S)c(C)n1. The van der Waals surface area contributed by atoms with Crippen molar-refractivity contribution in [1.29, 1.82) is 0 Å². The number of anilines is 1. The van der Waals surface area contributed by atoms with Crippen molar-refractivity contribution in [2.45, 2.75) is 26.8 Å². The molecule has 19 heavy (non-hydrogen) atoms. The lowest BCUT2D eigenvalue weighted by Crippen LogP contribution is -2.37. The van der Waals surface area contributed by atoms with E-state index in [4.69, 9.17) is 18.0 Å². The fourth-order valence-electron chi connectivity index (χ4n) is 1.94. The van der Waals surface area contributed by atoms with Crippen LogP contribution in [0.4, 0.5) is 5.69 Å². The summed E-state index contributed by atoms with van der Waals surface area (Å²) in [6, 6.07) is 1.49. The van der Waals surface area contributed by atoms with Crippen LogP contribution >= 0.6 is 12.2 Å². The lowest BCUT2D eigenvalue weighted by molar-refractivity contribution is -0.129. The van der Waals surface area contributed by atoms with Gasteiger partial charge in [-0.25, -0.2) is 0 Å². The second-order valence-corrected chi connectivity index (χ2v) is 5.17. The lowest BCUT2D eigenvalue weighted by Gasteiger charge is -2.21. The summed E-state index contributed by atoms with van der Waals surface area (Å²) in [6.45, 7) is 5.54. The molecule has 0 bridgehead atoms. The van der Waals surface area contributed by atoms with Crippen LogP contribution in [0.5, 0.6) is 0 Å². The highest BCUT2D eigenvalue weighted by Gasteiger charge is 2.18. The molecule has 0 aliphatic rings. The molecular formula is C13H20N4OS. The molecule has 104 valence electrons. The second kappa shape index (κ2) is 5.97. The van der Waals surface area contributed by atoms with E-state index in [0.29, 0.717) is 5.56 Å². The normalized spacial score (nSPS) is 11.8. The van der Waals surface area contributed by atoms with Crippen molar-refractivity contribution in [2.75, 3.05) is 19.4 Å². The Morgan fingerprint density at radius 2 is 2.05 bits per heavy atom. The zero-order chi connectivity index (χ0) is 14.7. The number of nitrogens with one attached hydrogen (secondary N) is 1. The van der Waals surface area contributed by atoms with Crippen LogP contribution in [0.2, 0.25) is 0 Å². The van der Waals surface area contributed by atoms with Gasteiger partial charge in [0.2, 0.25) is 5.91 Å². The van der Waals surface area contributed by atoms with Gasteiger partial charge in [0.05, 0.1) is 5.56 Å². The molecule has 1 aromatic rings. The molecule has 0 aliphatic heterocycles. The summed E-state index contributed by atoms with van der Waals surface area (Å²) < 4.78 is 0.